The lowest BCUT2D eigenvalue weighted by Crippen LogP contribution is -2.33. The first kappa shape index (κ1) is 18.1. The second kappa shape index (κ2) is 7.38. The van der Waals surface area contributed by atoms with E-state index >= 15 is 0 Å². The first-order chi connectivity index (χ1) is 9.73. The standard InChI is InChI=1S/C14H28N4O2S/c1-7-15-9-8-10-18-13(5)14(12(4)16-18)21(19,20)17(6)11(2)3/h11,15H,7-10H2,1-6H3. The second-order valence-corrected chi connectivity index (χ2v) is 7.48. The van der Waals surface area contributed by atoms with E-state index in [1.54, 1.807) is 18.7 Å². The molecule has 1 aromatic heterocycles. The topological polar surface area (TPSA) is 67.2 Å². The van der Waals surface area contributed by atoms with Gasteiger partial charge in [-0.25, -0.2) is 8.42 Å². The molecule has 21 heavy (non-hydrogen) atoms. The minimum absolute atomic E-state index is 0.0779. The van der Waals surface area contributed by atoms with Crippen LogP contribution in [0.2, 0.25) is 0 Å². The van der Waals surface area contributed by atoms with Crippen LogP contribution in [0, 0.1) is 13.8 Å². The highest BCUT2D eigenvalue weighted by molar-refractivity contribution is 7.89. The highest BCUT2D eigenvalue weighted by Gasteiger charge is 2.29. The molecular formula is C14H28N4O2S. The normalized spacial score (nSPS) is 12.6. The minimum Gasteiger partial charge on any atom is -0.317 e. The van der Waals surface area contributed by atoms with Gasteiger partial charge in [-0.2, -0.15) is 9.40 Å². The van der Waals surface area contributed by atoms with Crippen molar-refractivity contribution in [1.82, 2.24) is 19.4 Å². The van der Waals surface area contributed by atoms with Gasteiger partial charge in [0.05, 0.1) is 11.4 Å². The molecule has 0 aliphatic heterocycles. The quantitative estimate of drug-likeness (QED) is 0.739. The van der Waals surface area contributed by atoms with Crippen LogP contribution >= 0.6 is 0 Å². The molecule has 0 radical (unpaired) electrons. The molecule has 1 N–H and O–H groups in total. The Balaban J connectivity index is 3.02. The van der Waals surface area contributed by atoms with E-state index in [1.807, 2.05) is 20.8 Å². The van der Waals surface area contributed by atoms with Gasteiger partial charge < -0.3 is 5.32 Å². The molecule has 1 heterocycles. The first-order valence-electron chi connectivity index (χ1n) is 7.46. The van der Waals surface area contributed by atoms with Crippen LogP contribution in [0.1, 0.15) is 38.6 Å². The third kappa shape index (κ3) is 4.05. The van der Waals surface area contributed by atoms with E-state index in [1.165, 1.54) is 4.31 Å². The largest absolute Gasteiger partial charge is 0.317 e. The van der Waals surface area contributed by atoms with Crippen LogP contribution in [0.15, 0.2) is 4.90 Å². The highest BCUT2D eigenvalue weighted by atomic mass is 32.2. The molecule has 0 spiro atoms. The van der Waals surface area contributed by atoms with Crippen molar-refractivity contribution in [1.29, 1.82) is 0 Å². The SMILES string of the molecule is CCNCCCn1nc(C)c(S(=O)(=O)N(C)C(C)C)c1C. The maximum Gasteiger partial charge on any atom is 0.246 e. The molecule has 0 fully saturated rings. The number of rotatable bonds is 8. The van der Waals surface area contributed by atoms with E-state index in [2.05, 4.69) is 17.3 Å². The van der Waals surface area contributed by atoms with E-state index in [0.717, 1.165) is 31.7 Å². The van der Waals surface area contributed by atoms with Crippen molar-refractivity contribution in [3.63, 3.8) is 0 Å². The average molecular weight is 316 g/mol. The lowest BCUT2D eigenvalue weighted by Gasteiger charge is -2.21. The van der Waals surface area contributed by atoms with Crippen molar-refractivity contribution < 1.29 is 8.42 Å². The maximum atomic E-state index is 12.7. The van der Waals surface area contributed by atoms with E-state index in [4.69, 9.17) is 0 Å². The number of hydrogen-bond acceptors (Lipinski definition) is 4. The van der Waals surface area contributed by atoms with E-state index in [-0.39, 0.29) is 6.04 Å². The van der Waals surface area contributed by atoms with Gasteiger partial charge in [-0.15, -0.1) is 0 Å². The lowest BCUT2D eigenvalue weighted by atomic mass is 10.4. The van der Waals surface area contributed by atoms with Crippen LogP contribution in [-0.2, 0) is 16.6 Å². The summed E-state index contributed by atoms with van der Waals surface area (Å²) in [5.74, 6) is 0. The fourth-order valence-corrected chi connectivity index (χ4v) is 3.96. The summed E-state index contributed by atoms with van der Waals surface area (Å²) in [6.45, 7) is 11.9. The molecule has 1 rings (SSSR count). The summed E-state index contributed by atoms with van der Waals surface area (Å²) in [5.41, 5.74) is 1.29. The molecular weight excluding hydrogens is 288 g/mol. The van der Waals surface area contributed by atoms with Crippen LogP contribution in [-0.4, -0.2) is 48.7 Å². The molecule has 0 saturated carbocycles. The molecule has 0 aliphatic carbocycles. The fraction of sp³-hybridized carbons (Fsp3) is 0.786. The van der Waals surface area contributed by atoms with Crippen LogP contribution in [0.5, 0.6) is 0 Å². The molecule has 0 bridgehead atoms. The number of nitrogens with one attached hydrogen (secondary N) is 1. The Labute approximate surface area is 128 Å². The first-order valence-corrected chi connectivity index (χ1v) is 8.90. The molecule has 0 atom stereocenters. The predicted octanol–water partition coefficient (Wildman–Crippen LogP) is 1.53. The van der Waals surface area contributed by atoms with Crippen molar-refractivity contribution in [2.45, 2.75) is 58.5 Å². The summed E-state index contributed by atoms with van der Waals surface area (Å²) in [6.07, 6.45) is 0.926. The smallest absolute Gasteiger partial charge is 0.246 e. The predicted molar refractivity (Wildman–Crippen MR) is 84.9 cm³/mol. The summed E-state index contributed by atoms with van der Waals surface area (Å²) in [6, 6.07) is -0.0779. The summed E-state index contributed by atoms with van der Waals surface area (Å²) >= 11 is 0. The second-order valence-electron chi connectivity index (χ2n) is 5.55. The zero-order valence-electron chi connectivity index (χ0n) is 14.0. The molecule has 122 valence electrons. The Kier molecular flexibility index (Phi) is 6.37. The van der Waals surface area contributed by atoms with Crippen LogP contribution in [0.3, 0.4) is 0 Å². The summed E-state index contributed by atoms with van der Waals surface area (Å²) in [5, 5.41) is 7.65. The Morgan fingerprint density at radius 2 is 1.95 bits per heavy atom. The van der Waals surface area contributed by atoms with E-state index in [9.17, 15) is 8.42 Å². The van der Waals surface area contributed by atoms with Gasteiger partial charge in [0, 0.05) is 19.6 Å². The third-order valence-corrected chi connectivity index (χ3v) is 5.94. The Morgan fingerprint density at radius 1 is 1.33 bits per heavy atom. The average Bonchev–Trinajstić information content (AvgIpc) is 2.69. The zero-order chi connectivity index (χ0) is 16.2. The van der Waals surface area contributed by atoms with Gasteiger partial charge in [0.25, 0.3) is 0 Å². The Hall–Kier alpha value is -0.920. The molecule has 7 heteroatoms. The number of nitrogens with zero attached hydrogens (tertiary/aromatic N) is 3. The van der Waals surface area contributed by atoms with Crippen LogP contribution in [0.25, 0.3) is 0 Å². The summed E-state index contributed by atoms with van der Waals surface area (Å²) in [4.78, 5) is 0.349. The highest BCUT2D eigenvalue weighted by Crippen LogP contribution is 2.24. The van der Waals surface area contributed by atoms with Gasteiger partial charge >= 0.3 is 0 Å². The third-order valence-electron chi connectivity index (χ3n) is 3.65. The maximum absolute atomic E-state index is 12.7. The van der Waals surface area contributed by atoms with Crippen molar-refractivity contribution in [2.75, 3.05) is 20.1 Å². The Bertz CT molecular complexity index is 564. The summed E-state index contributed by atoms with van der Waals surface area (Å²) in [7, 11) is -1.87. The molecule has 0 saturated heterocycles. The van der Waals surface area contributed by atoms with Gasteiger partial charge in [-0.3, -0.25) is 4.68 Å². The van der Waals surface area contributed by atoms with Gasteiger partial charge in [0.1, 0.15) is 4.90 Å². The molecule has 0 amide bonds. The summed E-state index contributed by atoms with van der Waals surface area (Å²) < 4.78 is 28.5. The molecule has 1 aromatic rings. The van der Waals surface area contributed by atoms with Crippen molar-refractivity contribution in [2.24, 2.45) is 0 Å². The van der Waals surface area contributed by atoms with Crippen LogP contribution in [0.4, 0.5) is 0 Å². The van der Waals surface area contributed by atoms with Crippen molar-refractivity contribution in [3.05, 3.63) is 11.4 Å². The van der Waals surface area contributed by atoms with E-state index in [0.29, 0.717) is 10.6 Å². The van der Waals surface area contributed by atoms with Crippen molar-refractivity contribution >= 4 is 10.0 Å². The number of aryl methyl sites for hydroxylation is 2. The lowest BCUT2D eigenvalue weighted by molar-refractivity contribution is 0.410. The molecule has 0 aliphatic rings. The van der Waals surface area contributed by atoms with Crippen LogP contribution < -0.4 is 5.32 Å². The van der Waals surface area contributed by atoms with Gasteiger partial charge in [-0.1, -0.05) is 6.92 Å². The molecule has 0 aromatic carbocycles. The fourth-order valence-electron chi connectivity index (χ4n) is 2.22. The molecule has 0 unspecified atom stereocenters. The monoisotopic (exact) mass is 316 g/mol. The van der Waals surface area contributed by atoms with Crippen molar-refractivity contribution in [3.8, 4) is 0 Å². The number of hydrogen-bond donors (Lipinski definition) is 1. The molecule has 6 nitrogen and oxygen atoms in total. The van der Waals surface area contributed by atoms with E-state index < -0.39 is 10.0 Å². The van der Waals surface area contributed by atoms with Gasteiger partial charge in [0.15, 0.2) is 0 Å². The number of sulfonamides is 1. The zero-order valence-corrected chi connectivity index (χ0v) is 14.8. The van der Waals surface area contributed by atoms with Gasteiger partial charge in [0.2, 0.25) is 10.0 Å². The number of aromatic nitrogens is 2. The van der Waals surface area contributed by atoms with Gasteiger partial charge in [-0.05, 0) is 47.2 Å². The minimum atomic E-state index is -3.48. The Morgan fingerprint density at radius 3 is 2.48 bits per heavy atom.